The van der Waals surface area contributed by atoms with Crippen molar-refractivity contribution in [3.05, 3.63) is 48.0 Å². The number of rotatable bonds is 5. The number of phenolic OH excluding ortho intramolecular Hbond substituents is 1. The smallest absolute Gasteiger partial charge is 0.264 e. The molecule has 8 heteroatoms. The maximum atomic E-state index is 12.3. The lowest BCUT2D eigenvalue weighted by molar-refractivity contribution is -0.124. The number of ether oxygens (including phenoxy) is 1. The van der Waals surface area contributed by atoms with Gasteiger partial charge in [-0.2, -0.15) is 5.10 Å². The highest BCUT2D eigenvalue weighted by Crippen LogP contribution is 2.27. The predicted octanol–water partition coefficient (Wildman–Crippen LogP) is 1.86. The summed E-state index contributed by atoms with van der Waals surface area (Å²) in [6.45, 7) is 1.70. The number of amides is 1. The van der Waals surface area contributed by atoms with Gasteiger partial charge in [-0.05, 0) is 31.2 Å². The molecule has 0 spiro atoms. The first-order chi connectivity index (χ1) is 12.1. The topological polar surface area (TPSA) is 102 Å². The van der Waals surface area contributed by atoms with Crippen LogP contribution in [0.25, 0.3) is 11.0 Å². The van der Waals surface area contributed by atoms with E-state index in [2.05, 4.69) is 20.8 Å². The maximum absolute atomic E-state index is 12.3. The lowest BCUT2D eigenvalue weighted by atomic mass is 10.2. The zero-order valence-electron chi connectivity index (χ0n) is 13.7. The number of aromatic nitrogens is 3. The van der Waals surface area contributed by atoms with Gasteiger partial charge in [-0.3, -0.25) is 4.79 Å². The summed E-state index contributed by atoms with van der Waals surface area (Å²) in [5.41, 5.74) is 4.35. The van der Waals surface area contributed by atoms with Gasteiger partial charge in [-0.25, -0.2) is 10.1 Å². The van der Waals surface area contributed by atoms with Crippen LogP contribution in [-0.2, 0) is 4.79 Å². The molecule has 1 aromatic heterocycles. The Morgan fingerprint density at radius 1 is 1.32 bits per heavy atom. The Hall–Kier alpha value is -3.42. The van der Waals surface area contributed by atoms with E-state index in [1.165, 1.54) is 18.0 Å². The van der Waals surface area contributed by atoms with Crippen molar-refractivity contribution in [2.75, 3.05) is 7.11 Å². The normalized spacial score (nSPS) is 12.4. The van der Waals surface area contributed by atoms with Crippen LogP contribution >= 0.6 is 0 Å². The molecule has 0 bridgehead atoms. The van der Waals surface area contributed by atoms with Gasteiger partial charge in [0.25, 0.3) is 5.91 Å². The van der Waals surface area contributed by atoms with E-state index in [-0.39, 0.29) is 11.7 Å². The van der Waals surface area contributed by atoms with E-state index in [1.54, 1.807) is 25.1 Å². The number of hydrogen-bond donors (Lipinski definition) is 2. The number of hydrazone groups is 1. The summed E-state index contributed by atoms with van der Waals surface area (Å²) < 4.78 is 6.55. The van der Waals surface area contributed by atoms with Crippen molar-refractivity contribution in [2.45, 2.75) is 13.0 Å². The van der Waals surface area contributed by atoms with Crippen LogP contribution in [0.1, 0.15) is 18.5 Å². The molecule has 8 nitrogen and oxygen atoms in total. The number of phenols is 1. The Morgan fingerprint density at radius 2 is 2.12 bits per heavy atom. The number of nitrogens with zero attached hydrogens (tertiary/aromatic N) is 4. The van der Waals surface area contributed by atoms with Crippen LogP contribution in [0.4, 0.5) is 0 Å². The molecule has 128 valence electrons. The third-order valence-corrected chi connectivity index (χ3v) is 3.75. The van der Waals surface area contributed by atoms with E-state index in [9.17, 15) is 9.90 Å². The second kappa shape index (κ2) is 7.00. The van der Waals surface area contributed by atoms with Gasteiger partial charge >= 0.3 is 0 Å². The van der Waals surface area contributed by atoms with Crippen molar-refractivity contribution in [1.82, 2.24) is 20.4 Å². The quantitative estimate of drug-likeness (QED) is 0.546. The van der Waals surface area contributed by atoms with E-state index in [0.29, 0.717) is 16.8 Å². The van der Waals surface area contributed by atoms with Crippen molar-refractivity contribution in [3.8, 4) is 11.5 Å². The molecule has 3 rings (SSSR count). The fourth-order valence-corrected chi connectivity index (χ4v) is 2.35. The maximum Gasteiger partial charge on any atom is 0.264 e. The molecule has 0 saturated heterocycles. The fourth-order valence-electron chi connectivity index (χ4n) is 2.35. The third kappa shape index (κ3) is 3.27. The molecule has 0 unspecified atom stereocenters. The van der Waals surface area contributed by atoms with E-state index in [4.69, 9.17) is 4.74 Å². The summed E-state index contributed by atoms with van der Waals surface area (Å²) in [5.74, 6) is -0.0645. The van der Waals surface area contributed by atoms with Crippen LogP contribution in [0.3, 0.4) is 0 Å². The molecule has 3 aromatic rings. The van der Waals surface area contributed by atoms with Gasteiger partial charge in [-0.1, -0.05) is 23.4 Å². The number of para-hydroxylation sites is 2. The van der Waals surface area contributed by atoms with Crippen LogP contribution in [0.15, 0.2) is 47.6 Å². The molecule has 0 aliphatic heterocycles. The predicted molar refractivity (Wildman–Crippen MR) is 92.6 cm³/mol. The van der Waals surface area contributed by atoms with Gasteiger partial charge in [-0.15, -0.1) is 5.10 Å². The number of aromatic hydroxyl groups is 1. The van der Waals surface area contributed by atoms with E-state index < -0.39 is 6.04 Å². The minimum Gasteiger partial charge on any atom is -0.504 e. The molecular formula is C17H17N5O3. The number of nitrogens with one attached hydrogen (secondary N) is 1. The van der Waals surface area contributed by atoms with Crippen LogP contribution in [0, 0.1) is 0 Å². The third-order valence-electron chi connectivity index (χ3n) is 3.75. The zero-order chi connectivity index (χ0) is 17.8. The van der Waals surface area contributed by atoms with Crippen LogP contribution < -0.4 is 10.2 Å². The van der Waals surface area contributed by atoms with Crippen LogP contribution in [0.2, 0.25) is 0 Å². The second-order valence-corrected chi connectivity index (χ2v) is 5.33. The summed E-state index contributed by atoms with van der Waals surface area (Å²) in [4.78, 5) is 12.3. The number of carbonyl (C=O) groups excluding carboxylic acids is 1. The molecule has 25 heavy (non-hydrogen) atoms. The monoisotopic (exact) mass is 339 g/mol. The first kappa shape index (κ1) is 16.4. The Labute approximate surface area is 143 Å². The Kier molecular flexibility index (Phi) is 4.60. The number of hydrogen-bond acceptors (Lipinski definition) is 6. The second-order valence-electron chi connectivity index (χ2n) is 5.33. The van der Waals surface area contributed by atoms with Gasteiger partial charge in [0, 0.05) is 5.56 Å². The molecule has 0 aliphatic rings. The van der Waals surface area contributed by atoms with Gasteiger partial charge in [0.2, 0.25) is 0 Å². The number of benzene rings is 2. The van der Waals surface area contributed by atoms with Crippen molar-refractivity contribution < 1.29 is 14.6 Å². The highest BCUT2D eigenvalue weighted by molar-refractivity contribution is 5.87. The fraction of sp³-hybridized carbons (Fsp3) is 0.176. The Morgan fingerprint density at radius 3 is 2.92 bits per heavy atom. The molecule has 0 radical (unpaired) electrons. The molecular weight excluding hydrogens is 322 g/mol. The first-order valence-corrected chi connectivity index (χ1v) is 7.60. The molecule has 0 saturated carbocycles. The molecule has 1 heterocycles. The van der Waals surface area contributed by atoms with E-state index >= 15 is 0 Å². The number of fused-ring (bicyclic) bond motifs is 1. The Bertz CT molecular complexity index is 935. The molecule has 0 aliphatic carbocycles. The first-order valence-electron chi connectivity index (χ1n) is 7.60. The summed E-state index contributed by atoms with van der Waals surface area (Å²) in [6, 6.07) is 11.8. The van der Waals surface area contributed by atoms with E-state index in [1.807, 2.05) is 24.3 Å². The lowest BCUT2D eigenvalue weighted by Gasteiger charge is -2.10. The van der Waals surface area contributed by atoms with Gasteiger partial charge < -0.3 is 9.84 Å². The lowest BCUT2D eigenvalue weighted by Crippen LogP contribution is -2.28. The highest BCUT2D eigenvalue weighted by atomic mass is 16.5. The molecule has 2 aromatic carbocycles. The van der Waals surface area contributed by atoms with Crippen molar-refractivity contribution >= 4 is 23.2 Å². The summed E-state index contributed by atoms with van der Waals surface area (Å²) in [5, 5.41) is 21.9. The van der Waals surface area contributed by atoms with Crippen molar-refractivity contribution in [1.29, 1.82) is 0 Å². The zero-order valence-corrected chi connectivity index (χ0v) is 13.7. The molecule has 0 fully saturated rings. The number of carbonyl (C=O) groups is 1. The average molecular weight is 339 g/mol. The van der Waals surface area contributed by atoms with Gasteiger partial charge in [0.1, 0.15) is 11.6 Å². The van der Waals surface area contributed by atoms with Crippen LogP contribution in [0.5, 0.6) is 11.5 Å². The number of methoxy groups -OCH3 is 1. The van der Waals surface area contributed by atoms with Gasteiger partial charge in [0.05, 0.1) is 18.8 Å². The minimum atomic E-state index is -0.594. The summed E-state index contributed by atoms with van der Waals surface area (Å²) in [6.07, 6.45) is 1.35. The molecule has 1 atom stereocenters. The largest absolute Gasteiger partial charge is 0.504 e. The summed E-state index contributed by atoms with van der Waals surface area (Å²) in [7, 11) is 1.46. The van der Waals surface area contributed by atoms with E-state index in [0.717, 1.165) is 5.52 Å². The summed E-state index contributed by atoms with van der Waals surface area (Å²) >= 11 is 0. The van der Waals surface area contributed by atoms with Crippen molar-refractivity contribution in [3.63, 3.8) is 0 Å². The molecule has 2 N–H and O–H groups in total. The van der Waals surface area contributed by atoms with Crippen molar-refractivity contribution in [2.24, 2.45) is 5.10 Å². The average Bonchev–Trinajstić information content (AvgIpc) is 3.06. The minimum absolute atomic E-state index is 0.0432. The highest BCUT2D eigenvalue weighted by Gasteiger charge is 2.18. The standard InChI is InChI=1S/C17H17N5O3/c1-11(22-14-8-4-3-7-13(14)19-21-22)17(24)20-18-10-12-6-5-9-15(25-2)16(12)23/h3-11,23H,1-2H3,(H,20,24)/b18-10-/t11-/m0/s1. The SMILES string of the molecule is COc1cccc(/C=N\NC(=O)[C@H](C)n2nnc3ccccc32)c1O. The van der Waals surface area contributed by atoms with Gasteiger partial charge in [0.15, 0.2) is 11.5 Å². The Balaban J connectivity index is 1.72. The van der Waals surface area contributed by atoms with Crippen LogP contribution in [-0.4, -0.2) is 39.3 Å². The molecule has 1 amide bonds.